The van der Waals surface area contributed by atoms with Crippen LogP contribution in [0.15, 0.2) is 18.3 Å². The van der Waals surface area contributed by atoms with Crippen LogP contribution in [0.5, 0.6) is 0 Å². The molecule has 0 aliphatic carbocycles. The van der Waals surface area contributed by atoms with Crippen molar-refractivity contribution in [2.24, 2.45) is 11.8 Å². The van der Waals surface area contributed by atoms with E-state index in [4.69, 9.17) is 5.11 Å². The van der Waals surface area contributed by atoms with Crippen LogP contribution in [0.25, 0.3) is 0 Å². The van der Waals surface area contributed by atoms with Crippen LogP contribution in [-0.4, -0.2) is 27.5 Å². The van der Waals surface area contributed by atoms with E-state index in [1.54, 1.807) is 6.07 Å². The molecule has 1 heterocycles. The third kappa shape index (κ3) is 5.64. The number of nitrogens with one attached hydrogen (secondary N) is 1. The maximum absolute atomic E-state index is 10.8. The quantitative estimate of drug-likeness (QED) is 0.560. The number of hydrogen-bond donors (Lipinski definition) is 2. The molecular formula is C13H19N3O4. The minimum atomic E-state index is -0.820. The molecule has 0 aliphatic heterocycles. The predicted molar refractivity (Wildman–Crippen MR) is 74.6 cm³/mol. The first-order valence-electron chi connectivity index (χ1n) is 6.44. The summed E-state index contributed by atoms with van der Waals surface area (Å²) in [6, 6.07) is 2.88. The van der Waals surface area contributed by atoms with E-state index in [-0.39, 0.29) is 18.2 Å². The lowest BCUT2D eigenvalue weighted by molar-refractivity contribution is -0.389. The first kappa shape index (κ1) is 15.9. The second-order valence-corrected chi connectivity index (χ2v) is 5.14. The third-order valence-electron chi connectivity index (χ3n) is 2.80. The van der Waals surface area contributed by atoms with Crippen LogP contribution >= 0.6 is 0 Å². The molecule has 1 rings (SSSR count). The minimum absolute atomic E-state index is 0.0164. The maximum Gasteiger partial charge on any atom is 0.363 e. The van der Waals surface area contributed by atoms with Crippen LogP contribution in [0.2, 0.25) is 0 Å². The van der Waals surface area contributed by atoms with Gasteiger partial charge < -0.3 is 20.5 Å². The Morgan fingerprint density at radius 2 is 2.20 bits per heavy atom. The number of carboxylic acid groups (broad SMARTS) is 1. The molecule has 110 valence electrons. The van der Waals surface area contributed by atoms with Crippen LogP contribution in [0.1, 0.15) is 26.7 Å². The molecule has 0 spiro atoms. The zero-order valence-electron chi connectivity index (χ0n) is 11.6. The van der Waals surface area contributed by atoms with Gasteiger partial charge in [-0.3, -0.25) is 4.79 Å². The SMILES string of the molecule is CC(C)CC(CNc1ccc([N+](=O)[O-])nc1)CC(=O)O. The van der Waals surface area contributed by atoms with Crippen molar-refractivity contribution >= 4 is 17.5 Å². The molecule has 1 aromatic heterocycles. The van der Waals surface area contributed by atoms with Gasteiger partial charge in [0.2, 0.25) is 0 Å². The van der Waals surface area contributed by atoms with Crippen LogP contribution in [0.4, 0.5) is 11.5 Å². The molecule has 1 aromatic rings. The number of pyridine rings is 1. The Labute approximate surface area is 117 Å². The Morgan fingerprint density at radius 3 is 2.65 bits per heavy atom. The molecule has 0 saturated heterocycles. The topological polar surface area (TPSA) is 105 Å². The number of nitrogens with zero attached hydrogens (tertiary/aromatic N) is 2. The van der Waals surface area contributed by atoms with Gasteiger partial charge in [0.25, 0.3) is 0 Å². The number of carboxylic acids is 1. The van der Waals surface area contributed by atoms with Gasteiger partial charge in [0, 0.05) is 19.0 Å². The van der Waals surface area contributed by atoms with Crippen LogP contribution in [-0.2, 0) is 4.79 Å². The Bertz CT molecular complexity index is 459. The van der Waals surface area contributed by atoms with E-state index in [9.17, 15) is 14.9 Å². The van der Waals surface area contributed by atoms with Crippen LogP contribution in [0, 0.1) is 22.0 Å². The summed E-state index contributed by atoms with van der Waals surface area (Å²) >= 11 is 0. The van der Waals surface area contributed by atoms with E-state index in [0.29, 0.717) is 18.2 Å². The van der Waals surface area contributed by atoms with Crippen molar-refractivity contribution in [1.82, 2.24) is 4.98 Å². The van der Waals surface area contributed by atoms with Crippen molar-refractivity contribution in [3.63, 3.8) is 0 Å². The van der Waals surface area contributed by atoms with Crippen molar-refractivity contribution in [2.75, 3.05) is 11.9 Å². The Hall–Kier alpha value is -2.18. The van der Waals surface area contributed by atoms with Gasteiger partial charge in [-0.2, -0.15) is 0 Å². The van der Waals surface area contributed by atoms with Gasteiger partial charge in [0.15, 0.2) is 6.20 Å². The lowest BCUT2D eigenvalue weighted by Crippen LogP contribution is -2.19. The summed E-state index contributed by atoms with van der Waals surface area (Å²) in [4.78, 5) is 24.4. The molecule has 0 aliphatic rings. The third-order valence-corrected chi connectivity index (χ3v) is 2.80. The molecular weight excluding hydrogens is 262 g/mol. The number of hydrogen-bond acceptors (Lipinski definition) is 5. The highest BCUT2D eigenvalue weighted by atomic mass is 16.6. The van der Waals surface area contributed by atoms with Crippen molar-refractivity contribution in [3.05, 3.63) is 28.4 Å². The molecule has 0 fully saturated rings. The summed E-state index contributed by atoms with van der Waals surface area (Å²) in [5.41, 5.74) is 0.648. The van der Waals surface area contributed by atoms with E-state index < -0.39 is 10.9 Å². The fourth-order valence-electron chi connectivity index (χ4n) is 2.01. The van der Waals surface area contributed by atoms with E-state index in [2.05, 4.69) is 10.3 Å². The molecule has 20 heavy (non-hydrogen) atoms. The highest BCUT2D eigenvalue weighted by Crippen LogP contribution is 2.17. The minimum Gasteiger partial charge on any atom is -0.481 e. The number of anilines is 1. The number of nitro groups is 1. The van der Waals surface area contributed by atoms with Crippen molar-refractivity contribution in [1.29, 1.82) is 0 Å². The van der Waals surface area contributed by atoms with Gasteiger partial charge in [-0.05, 0) is 34.2 Å². The summed E-state index contributed by atoms with van der Waals surface area (Å²) < 4.78 is 0. The van der Waals surface area contributed by atoms with E-state index in [0.717, 1.165) is 6.42 Å². The van der Waals surface area contributed by atoms with Gasteiger partial charge in [-0.1, -0.05) is 13.8 Å². The second kappa shape index (κ2) is 7.42. The summed E-state index contributed by atoms with van der Waals surface area (Å²) in [6.45, 7) is 4.59. The summed E-state index contributed by atoms with van der Waals surface area (Å²) in [5.74, 6) is -0.599. The van der Waals surface area contributed by atoms with Crippen molar-refractivity contribution in [3.8, 4) is 0 Å². The average Bonchev–Trinajstić information content (AvgIpc) is 2.35. The maximum atomic E-state index is 10.8. The first-order chi connectivity index (χ1) is 9.38. The molecule has 7 heteroatoms. The van der Waals surface area contributed by atoms with Gasteiger partial charge >= 0.3 is 11.8 Å². The zero-order valence-corrected chi connectivity index (χ0v) is 11.6. The first-order valence-corrected chi connectivity index (χ1v) is 6.44. The second-order valence-electron chi connectivity index (χ2n) is 5.14. The van der Waals surface area contributed by atoms with Gasteiger partial charge in [0.05, 0.1) is 5.69 Å². The zero-order chi connectivity index (χ0) is 15.1. The number of aromatic nitrogens is 1. The highest BCUT2D eigenvalue weighted by molar-refractivity contribution is 5.67. The van der Waals surface area contributed by atoms with E-state index in [1.807, 2.05) is 13.8 Å². The van der Waals surface area contributed by atoms with Crippen molar-refractivity contribution in [2.45, 2.75) is 26.7 Å². The Balaban J connectivity index is 2.57. The number of aliphatic carboxylic acids is 1. The van der Waals surface area contributed by atoms with Gasteiger partial charge in [-0.25, -0.2) is 0 Å². The molecule has 0 amide bonds. The average molecular weight is 281 g/mol. The van der Waals surface area contributed by atoms with Crippen molar-refractivity contribution < 1.29 is 14.8 Å². The normalized spacial score (nSPS) is 12.2. The highest BCUT2D eigenvalue weighted by Gasteiger charge is 2.15. The molecule has 1 atom stereocenters. The largest absolute Gasteiger partial charge is 0.481 e. The fourth-order valence-corrected chi connectivity index (χ4v) is 2.01. The molecule has 0 bridgehead atoms. The molecule has 0 saturated carbocycles. The van der Waals surface area contributed by atoms with Crippen LogP contribution < -0.4 is 5.32 Å². The predicted octanol–water partition coefficient (Wildman–Crippen LogP) is 2.54. The summed E-state index contributed by atoms with van der Waals surface area (Å²) in [7, 11) is 0. The molecule has 1 unspecified atom stereocenters. The van der Waals surface area contributed by atoms with Gasteiger partial charge in [-0.15, -0.1) is 0 Å². The lowest BCUT2D eigenvalue weighted by Gasteiger charge is -2.17. The monoisotopic (exact) mass is 281 g/mol. The molecule has 0 radical (unpaired) electrons. The fraction of sp³-hybridized carbons (Fsp3) is 0.538. The van der Waals surface area contributed by atoms with E-state index >= 15 is 0 Å². The summed E-state index contributed by atoms with van der Waals surface area (Å²) in [5, 5.41) is 22.4. The number of rotatable bonds is 8. The van der Waals surface area contributed by atoms with Crippen LogP contribution in [0.3, 0.4) is 0 Å². The molecule has 2 N–H and O–H groups in total. The van der Waals surface area contributed by atoms with E-state index in [1.165, 1.54) is 12.3 Å². The number of carbonyl (C=O) groups is 1. The Kier molecular flexibility index (Phi) is 5.89. The Morgan fingerprint density at radius 1 is 1.50 bits per heavy atom. The molecule has 0 aromatic carbocycles. The van der Waals surface area contributed by atoms with Gasteiger partial charge in [0.1, 0.15) is 0 Å². The molecule has 7 nitrogen and oxygen atoms in total. The lowest BCUT2D eigenvalue weighted by atomic mass is 9.94. The smallest absolute Gasteiger partial charge is 0.363 e. The standard InChI is InChI=1S/C13H19N3O4/c1-9(2)5-10(6-13(17)18)7-14-11-3-4-12(15-8-11)16(19)20/h3-4,8-10,14H,5-7H2,1-2H3,(H,17,18). The summed E-state index contributed by atoms with van der Waals surface area (Å²) in [6.07, 6.45) is 2.29.